The maximum atomic E-state index is 12.1. The number of carbonyl (C=O) groups is 1. The average molecular weight is 330 g/mol. The molecule has 1 heterocycles. The number of aryl methyl sites for hydroxylation is 2. The van der Waals surface area contributed by atoms with Gasteiger partial charge in [-0.2, -0.15) is 0 Å². The molecule has 1 unspecified atom stereocenters. The van der Waals surface area contributed by atoms with Gasteiger partial charge in [0.15, 0.2) is 6.61 Å². The van der Waals surface area contributed by atoms with Crippen molar-refractivity contribution in [1.82, 2.24) is 0 Å². The van der Waals surface area contributed by atoms with Crippen LogP contribution in [0.4, 0.5) is 0 Å². The van der Waals surface area contributed by atoms with Gasteiger partial charge < -0.3 is 13.9 Å². The number of ether oxygens (including phenoxy) is 2. The minimum atomic E-state index is -0.403. The number of hydrogen-bond acceptors (Lipinski definition) is 5. The molecule has 0 radical (unpaired) electrons. The van der Waals surface area contributed by atoms with E-state index in [0.29, 0.717) is 11.3 Å². The SMILES string of the molecule is CCC(C)OC(=O)COc1ccc2c3c(c(=O)oc2c1C)CCC3. The quantitative estimate of drug-likeness (QED) is 0.621. The van der Waals surface area contributed by atoms with E-state index in [1.54, 1.807) is 0 Å². The largest absolute Gasteiger partial charge is 0.481 e. The number of fused-ring (bicyclic) bond motifs is 3. The van der Waals surface area contributed by atoms with Gasteiger partial charge in [-0.15, -0.1) is 0 Å². The normalized spacial score (nSPS) is 14.5. The lowest BCUT2D eigenvalue weighted by Gasteiger charge is -2.14. The van der Waals surface area contributed by atoms with Crippen LogP contribution in [0.5, 0.6) is 5.75 Å². The Bertz CT molecular complexity index is 834. The fraction of sp³-hybridized carbons (Fsp3) is 0.474. The van der Waals surface area contributed by atoms with Crippen molar-refractivity contribution in [3.63, 3.8) is 0 Å². The second-order valence-electron chi connectivity index (χ2n) is 6.26. The first-order valence-corrected chi connectivity index (χ1v) is 8.41. The summed E-state index contributed by atoms with van der Waals surface area (Å²) in [6.07, 6.45) is 3.30. The van der Waals surface area contributed by atoms with Crippen LogP contribution in [-0.4, -0.2) is 18.7 Å². The van der Waals surface area contributed by atoms with Crippen LogP contribution >= 0.6 is 0 Å². The molecule has 0 bridgehead atoms. The van der Waals surface area contributed by atoms with E-state index in [9.17, 15) is 9.59 Å². The maximum absolute atomic E-state index is 12.1. The lowest BCUT2D eigenvalue weighted by Crippen LogP contribution is -2.20. The number of hydrogen-bond donors (Lipinski definition) is 0. The first kappa shape index (κ1) is 16.6. The van der Waals surface area contributed by atoms with Gasteiger partial charge in [0.2, 0.25) is 0 Å². The van der Waals surface area contributed by atoms with Crippen molar-refractivity contribution in [2.75, 3.05) is 6.61 Å². The molecule has 1 aromatic carbocycles. The van der Waals surface area contributed by atoms with E-state index in [2.05, 4.69) is 0 Å². The fourth-order valence-corrected chi connectivity index (χ4v) is 3.10. The van der Waals surface area contributed by atoms with Crippen molar-refractivity contribution >= 4 is 16.9 Å². The van der Waals surface area contributed by atoms with Gasteiger partial charge in [-0.25, -0.2) is 9.59 Å². The highest BCUT2D eigenvalue weighted by molar-refractivity contribution is 5.86. The highest BCUT2D eigenvalue weighted by atomic mass is 16.6. The maximum Gasteiger partial charge on any atom is 0.344 e. The zero-order valence-electron chi connectivity index (χ0n) is 14.3. The number of carbonyl (C=O) groups excluding carboxylic acids is 1. The molecule has 0 spiro atoms. The van der Waals surface area contributed by atoms with Crippen LogP contribution in [-0.2, 0) is 22.4 Å². The molecule has 0 amide bonds. The molecule has 128 valence electrons. The van der Waals surface area contributed by atoms with Crippen molar-refractivity contribution in [3.8, 4) is 5.75 Å². The zero-order valence-corrected chi connectivity index (χ0v) is 14.3. The van der Waals surface area contributed by atoms with Gasteiger partial charge in [0, 0.05) is 16.5 Å². The van der Waals surface area contributed by atoms with Gasteiger partial charge in [0.05, 0.1) is 6.10 Å². The highest BCUT2D eigenvalue weighted by Crippen LogP contribution is 2.32. The standard InChI is InChI=1S/C19H22O5/c1-4-11(2)23-17(20)10-22-16-9-8-14-13-6-5-7-15(13)19(21)24-18(14)12(16)3/h8-9,11H,4-7,10H2,1-3H3. The molecular weight excluding hydrogens is 308 g/mol. The van der Waals surface area contributed by atoms with Gasteiger partial charge in [-0.1, -0.05) is 6.92 Å². The molecule has 0 fully saturated rings. The van der Waals surface area contributed by atoms with Crippen LogP contribution in [0.3, 0.4) is 0 Å². The van der Waals surface area contributed by atoms with E-state index < -0.39 is 5.97 Å². The molecule has 2 aromatic rings. The molecule has 0 N–H and O–H groups in total. The van der Waals surface area contributed by atoms with E-state index in [0.717, 1.165) is 47.8 Å². The van der Waals surface area contributed by atoms with Crippen LogP contribution in [0.1, 0.15) is 43.4 Å². The van der Waals surface area contributed by atoms with Crippen molar-refractivity contribution in [1.29, 1.82) is 0 Å². The average Bonchev–Trinajstić information content (AvgIpc) is 3.05. The Kier molecular flexibility index (Phi) is 4.60. The molecule has 0 aliphatic heterocycles. The third-order valence-corrected chi connectivity index (χ3v) is 4.59. The lowest BCUT2D eigenvalue weighted by atomic mass is 10.0. The predicted molar refractivity (Wildman–Crippen MR) is 90.6 cm³/mol. The summed E-state index contributed by atoms with van der Waals surface area (Å²) in [5.74, 6) is 0.129. The molecule has 1 atom stereocenters. The van der Waals surface area contributed by atoms with Crippen LogP contribution in [0.2, 0.25) is 0 Å². The van der Waals surface area contributed by atoms with Gasteiger partial charge >= 0.3 is 11.6 Å². The minimum absolute atomic E-state index is 0.126. The zero-order chi connectivity index (χ0) is 17.3. The smallest absolute Gasteiger partial charge is 0.344 e. The summed E-state index contributed by atoms with van der Waals surface area (Å²) in [7, 11) is 0. The summed E-state index contributed by atoms with van der Waals surface area (Å²) >= 11 is 0. The molecule has 24 heavy (non-hydrogen) atoms. The first-order valence-electron chi connectivity index (χ1n) is 8.41. The first-order chi connectivity index (χ1) is 11.5. The molecule has 1 aromatic heterocycles. The van der Waals surface area contributed by atoms with Gasteiger partial charge in [-0.05, 0) is 57.2 Å². The minimum Gasteiger partial charge on any atom is -0.481 e. The highest BCUT2D eigenvalue weighted by Gasteiger charge is 2.21. The van der Waals surface area contributed by atoms with E-state index in [-0.39, 0.29) is 18.3 Å². The second-order valence-corrected chi connectivity index (χ2v) is 6.26. The Balaban J connectivity index is 1.86. The van der Waals surface area contributed by atoms with E-state index in [1.165, 1.54) is 0 Å². The van der Waals surface area contributed by atoms with E-state index in [4.69, 9.17) is 13.9 Å². The summed E-state index contributed by atoms with van der Waals surface area (Å²) in [6, 6.07) is 3.73. The van der Waals surface area contributed by atoms with Crippen molar-refractivity contribution < 1.29 is 18.7 Å². The third kappa shape index (κ3) is 3.03. The Morgan fingerprint density at radius 3 is 2.79 bits per heavy atom. The van der Waals surface area contributed by atoms with Crippen molar-refractivity contribution in [3.05, 3.63) is 39.2 Å². The van der Waals surface area contributed by atoms with Crippen LogP contribution in [0, 0.1) is 6.92 Å². The Morgan fingerprint density at radius 1 is 1.29 bits per heavy atom. The van der Waals surface area contributed by atoms with Crippen LogP contribution in [0.25, 0.3) is 11.0 Å². The molecular formula is C19H22O5. The Labute approximate surface area is 140 Å². The molecule has 0 saturated heterocycles. The Hall–Kier alpha value is -2.30. The number of rotatable bonds is 5. The molecule has 5 heteroatoms. The summed E-state index contributed by atoms with van der Waals surface area (Å²) in [5.41, 5.74) is 2.91. The molecule has 0 saturated carbocycles. The molecule has 1 aliphatic carbocycles. The van der Waals surface area contributed by atoms with Crippen molar-refractivity contribution in [2.24, 2.45) is 0 Å². The molecule has 5 nitrogen and oxygen atoms in total. The van der Waals surface area contributed by atoms with Gasteiger partial charge in [-0.3, -0.25) is 0 Å². The molecule has 3 rings (SSSR count). The topological polar surface area (TPSA) is 65.7 Å². The summed E-state index contributed by atoms with van der Waals surface area (Å²) in [6.45, 7) is 5.47. The monoisotopic (exact) mass is 330 g/mol. The number of benzene rings is 1. The van der Waals surface area contributed by atoms with Crippen LogP contribution in [0.15, 0.2) is 21.3 Å². The van der Waals surface area contributed by atoms with Crippen molar-refractivity contribution in [2.45, 2.75) is 52.6 Å². The lowest BCUT2D eigenvalue weighted by molar-refractivity contribution is -0.150. The van der Waals surface area contributed by atoms with E-state index >= 15 is 0 Å². The number of esters is 1. The molecule has 1 aliphatic rings. The summed E-state index contributed by atoms with van der Waals surface area (Å²) < 4.78 is 16.3. The van der Waals surface area contributed by atoms with Crippen LogP contribution < -0.4 is 10.4 Å². The van der Waals surface area contributed by atoms with Gasteiger partial charge in [0.1, 0.15) is 11.3 Å². The van der Waals surface area contributed by atoms with E-state index in [1.807, 2.05) is 32.9 Å². The summed E-state index contributed by atoms with van der Waals surface area (Å²) in [5, 5.41) is 0.967. The fourth-order valence-electron chi connectivity index (χ4n) is 3.10. The van der Waals surface area contributed by atoms with Gasteiger partial charge in [0.25, 0.3) is 0 Å². The second kappa shape index (κ2) is 6.67. The summed E-state index contributed by atoms with van der Waals surface area (Å²) in [4.78, 5) is 23.9. The predicted octanol–water partition coefficient (Wildman–Crippen LogP) is 3.31. The third-order valence-electron chi connectivity index (χ3n) is 4.59. The Morgan fingerprint density at radius 2 is 2.04 bits per heavy atom.